The van der Waals surface area contributed by atoms with Gasteiger partial charge in [-0.25, -0.2) is 0 Å². The molecule has 1 nitrogen and oxygen atoms in total. The summed E-state index contributed by atoms with van der Waals surface area (Å²) in [4.78, 5) is 0. The summed E-state index contributed by atoms with van der Waals surface area (Å²) in [5.41, 5.74) is 5.09. The number of furan rings is 1. The van der Waals surface area contributed by atoms with Gasteiger partial charge in [0.15, 0.2) is 0 Å². The zero-order valence-electron chi connectivity index (χ0n) is 14.3. The minimum atomic E-state index is 0.862. The molecule has 0 atom stereocenters. The zero-order chi connectivity index (χ0) is 17.4. The molecule has 1 heteroatoms. The lowest BCUT2D eigenvalue weighted by molar-refractivity contribution is 0.572. The van der Waals surface area contributed by atoms with E-state index in [2.05, 4.69) is 66.6 Å². The van der Waals surface area contributed by atoms with Crippen molar-refractivity contribution in [2.45, 2.75) is 13.8 Å². The summed E-state index contributed by atoms with van der Waals surface area (Å²) in [6.45, 7) is 4.09. The molecule has 120 valence electrons. The normalized spacial score (nSPS) is 11.8. The van der Waals surface area contributed by atoms with Gasteiger partial charge < -0.3 is 4.42 Å². The number of terminal acetylenes is 1. The summed E-state index contributed by atoms with van der Waals surface area (Å²) >= 11 is 0. The molecule has 3 aromatic carbocycles. The third kappa shape index (κ3) is 2.53. The van der Waals surface area contributed by atoms with Crippen LogP contribution < -0.4 is 10.6 Å². The Balaban J connectivity index is 2.09. The highest BCUT2D eigenvalue weighted by atomic mass is 16.3. The van der Waals surface area contributed by atoms with Gasteiger partial charge in [0, 0.05) is 16.2 Å². The van der Waals surface area contributed by atoms with Crippen molar-refractivity contribution in [2.75, 3.05) is 0 Å². The molecule has 0 saturated carbocycles. The SMILES string of the molecule is C#C/C=c1\c(=C(C)C)oc2c(-c3ccc4ccccc4c3)cccc12. The average molecular weight is 322 g/mol. The van der Waals surface area contributed by atoms with Gasteiger partial charge in [0.05, 0.1) is 0 Å². The number of hydrogen-bond donors (Lipinski definition) is 0. The molecular formula is C24H18O. The fourth-order valence-corrected chi connectivity index (χ4v) is 3.32. The van der Waals surface area contributed by atoms with E-state index in [9.17, 15) is 0 Å². The van der Waals surface area contributed by atoms with Crippen molar-refractivity contribution in [1.29, 1.82) is 0 Å². The van der Waals surface area contributed by atoms with Crippen LogP contribution in [0, 0.1) is 12.3 Å². The van der Waals surface area contributed by atoms with Crippen LogP contribution in [-0.4, -0.2) is 0 Å². The van der Waals surface area contributed by atoms with Crippen LogP contribution in [0.25, 0.3) is 44.5 Å². The Morgan fingerprint density at radius 3 is 2.52 bits per heavy atom. The first-order chi connectivity index (χ1) is 12.2. The second kappa shape index (κ2) is 6.00. The van der Waals surface area contributed by atoms with E-state index in [0.29, 0.717) is 0 Å². The summed E-state index contributed by atoms with van der Waals surface area (Å²) in [6.07, 6.45) is 7.32. The standard InChI is InChI=1S/C24H18O/c1-4-8-21-22-12-7-11-20(24(22)25-23(21)16(2)3)19-14-13-17-9-5-6-10-18(17)15-19/h1,5-15H,2-3H3/b21-8-. The molecule has 0 aliphatic heterocycles. The van der Waals surface area contributed by atoms with E-state index < -0.39 is 0 Å². The summed E-state index contributed by atoms with van der Waals surface area (Å²) in [7, 11) is 0. The summed E-state index contributed by atoms with van der Waals surface area (Å²) in [6, 6.07) is 21.1. The van der Waals surface area contributed by atoms with E-state index in [1.807, 2.05) is 13.8 Å². The molecule has 0 amide bonds. The van der Waals surface area contributed by atoms with Crippen LogP contribution in [0.4, 0.5) is 0 Å². The van der Waals surface area contributed by atoms with Gasteiger partial charge in [-0.15, -0.1) is 6.42 Å². The highest BCUT2D eigenvalue weighted by Gasteiger charge is 2.11. The fraction of sp³-hybridized carbons (Fsp3) is 0.0833. The number of benzene rings is 3. The number of fused-ring (bicyclic) bond motifs is 2. The second-order valence-electron chi connectivity index (χ2n) is 6.40. The predicted molar refractivity (Wildman–Crippen MR) is 106 cm³/mol. The molecule has 0 saturated heterocycles. The monoisotopic (exact) mass is 322 g/mol. The molecule has 0 aliphatic carbocycles. The maximum absolute atomic E-state index is 6.25. The third-order valence-electron chi connectivity index (χ3n) is 4.50. The Morgan fingerprint density at radius 2 is 1.76 bits per heavy atom. The number of para-hydroxylation sites is 1. The van der Waals surface area contributed by atoms with Gasteiger partial charge in [-0.2, -0.15) is 0 Å². The minimum absolute atomic E-state index is 0.862. The van der Waals surface area contributed by atoms with E-state index in [-0.39, 0.29) is 0 Å². The number of rotatable bonds is 1. The highest BCUT2D eigenvalue weighted by Crippen LogP contribution is 2.29. The summed E-state index contributed by atoms with van der Waals surface area (Å²) in [5.74, 6) is 2.64. The van der Waals surface area contributed by atoms with Crippen molar-refractivity contribution in [3.05, 3.63) is 71.3 Å². The van der Waals surface area contributed by atoms with Crippen molar-refractivity contribution in [1.82, 2.24) is 0 Å². The van der Waals surface area contributed by atoms with Gasteiger partial charge in [-0.05, 0) is 47.9 Å². The van der Waals surface area contributed by atoms with Crippen molar-refractivity contribution in [3.8, 4) is 23.5 Å². The Labute approximate surface area is 146 Å². The summed E-state index contributed by atoms with van der Waals surface area (Å²) < 4.78 is 6.25. The van der Waals surface area contributed by atoms with Crippen LogP contribution in [-0.2, 0) is 0 Å². The third-order valence-corrected chi connectivity index (χ3v) is 4.50. The lowest BCUT2D eigenvalue weighted by Gasteiger charge is -2.05. The van der Waals surface area contributed by atoms with Crippen molar-refractivity contribution in [2.24, 2.45) is 0 Å². The highest BCUT2D eigenvalue weighted by molar-refractivity contribution is 5.96. The van der Waals surface area contributed by atoms with E-state index in [0.717, 1.165) is 38.3 Å². The molecule has 25 heavy (non-hydrogen) atoms. The van der Waals surface area contributed by atoms with Crippen LogP contribution in [0.5, 0.6) is 0 Å². The topological polar surface area (TPSA) is 13.1 Å². The summed E-state index contributed by atoms with van der Waals surface area (Å²) in [5, 5.41) is 4.50. The van der Waals surface area contributed by atoms with Crippen molar-refractivity contribution in [3.63, 3.8) is 0 Å². The molecule has 4 rings (SSSR count). The molecule has 0 N–H and O–H groups in total. The molecule has 0 radical (unpaired) electrons. The largest absolute Gasteiger partial charge is 0.455 e. The molecule has 1 aromatic heterocycles. The average Bonchev–Trinajstić information content (AvgIpc) is 3.01. The first kappa shape index (κ1) is 15.3. The van der Waals surface area contributed by atoms with Crippen molar-refractivity contribution >= 4 is 33.4 Å². The van der Waals surface area contributed by atoms with E-state index in [1.54, 1.807) is 6.08 Å². The lowest BCUT2D eigenvalue weighted by Crippen LogP contribution is -2.21. The van der Waals surface area contributed by atoms with Crippen molar-refractivity contribution < 1.29 is 4.42 Å². The van der Waals surface area contributed by atoms with Gasteiger partial charge >= 0.3 is 0 Å². The fourth-order valence-electron chi connectivity index (χ4n) is 3.32. The molecule has 0 aliphatic rings. The molecule has 0 fully saturated rings. The predicted octanol–water partition coefficient (Wildman–Crippen LogP) is 4.86. The Kier molecular flexibility index (Phi) is 3.67. The van der Waals surface area contributed by atoms with Gasteiger partial charge in [0.1, 0.15) is 11.0 Å². The van der Waals surface area contributed by atoms with E-state index in [1.165, 1.54) is 10.8 Å². The first-order valence-corrected chi connectivity index (χ1v) is 8.33. The first-order valence-electron chi connectivity index (χ1n) is 8.33. The number of hydrogen-bond acceptors (Lipinski definition) is 1. The van der Waals surface area contributed by atoms with Gasteiger partial charge in [0.2, 0.25) is 0 Å². The molecule has 1 heterocycles. The quantitative estimate of drug-likeness (QED) is 0.456. The van der Waals surface area contributed by atoms with E-state index >= 15 is 0 Å². The Morgan fingerprint density at radius 1 is 0.960 bits per heavy atom. The molecule has 0 spiro atoms. The molecule has 0 unspecified atom stereocenters. The van der Waals surface area contributed by atoms with Gasteiger partial charge in [0.25, 0.3) is 0 Å². The molecule has 0 bridgehead atoms. The molecule has 4 aromatic rings. The zero-order valence-corrected chi connectivity index (χ0v) is 14.3. The maximum atomic E-state index is 6.25. The van der Waals surface area contributed by atoms with Crippen LogP contribution in [0.15, 0.2) is 65.1 Å². The van der Waals surface area contributed by atoms with Gasteiger partial charge in [-0.3, -0.25) is 0 Å². The van der Waals surface area contributed by atoms with Crippen LogP contribution in [0.2, 0.25) is 0 Å². The van der Waals surface area contributed by atoms with Crippen LogP contribution in [0.1, 0.15) is 13.8 Å². The maximum Gasteiger partial charge on any atom is 0.143 e. The van der Waals surface area contributed by atoms with Gasteiger partial charge in [-0.1, -0.05) is 60.5 Å². The Hall–Kier alpha value is -3.24. The lowest BCUT2D eigenvalue weighted by atomic mass is 9.99. The molecular weight excluding hydrogens is 304 g/mol. The smallest absolute Gasteiger partial charge is 0.143 e. The van der Waals surface area contributed by atoms with Crippen LogP contribution >= 0.6 is 0 Å². The minimum Gasteiger partial charge on any atom is -0.455 e. The van der Waals surface area contributed by atoms with Crippen LogP contribution in [0.3, 0.4) is 0 Å². The van der Waals surface area contributed by atoms with E-state index in [4.69, 9.17) is 10.8 Å². The second-order valence-corrected chi connectivity index (χ2v) is 6.40. The Bertz CT molecular complexity index is 1260.